The van der Waals surface area contributed by atoms with Gasteiger partial charge in [0.1, 0.15) is 5.75 Å². The molecule has 2 aromatic heterocycles. The number of hydrogen-bond acceptors (Lipinski definition) is 4. The average Bonchev–Trinajstić information content (AvgIpc) is 3.21. The highest BCUT2D eigenvalue weighted by molar-refractivity contribution is 7.13. The third-order valence-electron chi connectivity index (χ3n) is 4.88. The van der Waals surface area contributed by atoms with E-state index in [1.807, 2.05) is 0 Å². The van der Waals surface area contributed by atoms with E-state index in [0.717, 1.165) is 24.2 Å². The third-order valence-corrected chi connectivity index (χ3v) is 5.80. The fraction of sp³-hybridized carbons (Fsp3) is 0.238. The summed E-state index contributed by atoms with van der Waals surface area (Å²) in [7, 11) is 0. The fourth-order valence-electron chi connectivity index (χ4n) is 3.52. The second-order valence-electron chi connectivity index (χ2n) is 6.44. The van der Waals surface area contributed by atoms with Crippen LogP contribution in [0.5, 0.6) is 5.75 Å². The van der Waals surface area contributed by atoms with Crippen molar-refractivity contribution in [2.75, 3.05) is 6.61 Å². The minimum Gasteiger partial charge on any atom is -0.493 e. The Kier molecular flexibility index (Phi) is 4.71. The molecule has 0 spiro atoms. The lowest BCUT2D eigenvalue weighted by molar-refractivity contribution is 0.0695. The Morgan fingerprint density at radius 2 is 2.23 bits per heavy atom. The van der Waals surface area contributed by atoms with E-state index >= 15 is 0 Å². The van der Waals surface area contributed by atoms with Crippen molar-refractivity contribution >= 4 is 17.3 Å². The van der Waals surface area contributed by atoms with Crippen LogP contribution in [0.15, 0.2) is 54.2 Å². The van der Waals surface area contributed by atoms with Gasteiger partial charge in [0.05, 0.1) is 12.2 Å². The molecule has 1 N–H and O–H groups in total. The standard InChI is InChI=1S/C21H19NO3S/c23-21(24)18-7-9-22-13-16(18)4-3-14-8-10-25-19-12-15(5-6-17(14)19)20-2-1-11-26-20/h1-2,5-7,9,11-14H,3-4,8,10H2,(H,23,24)/t14-/m0/s1. The minimum absolute atomic E-state index is 0.348. The number of aromatic carboxylic acids is 1. The molecular weight excluding hydrogens is 346 g/mol. The van der Waals surface area contributed by atoms with Crippen LogP contribution in [0.4, 0.5) is 0 Å². The number of carboxylic acid groups (broad SMARTS) is 1. The molecule has 0 unspecified atom stereocenters. The summed E-state index contributed by atoms with van der Waals surface area (Å²) in [5, 5.41) is 11.4. The van der Waals surface area contributed by atoms with Gasteiger partial charge < -0.3 is 9.84 Å². The van der Waals surface area contributed by atoms with Crippen molar-refractivity contribution in [3.05, 3.63) is 70.9 Å². The molecule has 132 valence electrons. The van der Waals surface area contributed by atoms with Gasteiger partial charge in [-0.2, -0.15) is 0 Å². The molecule has 3 heterocycles. The highest BCUT2D eigenvalue weighted by Crippen LogP contribution is 2.39. The molecule has 5 heteroatoms. The summed E-state index contributed by atoms with van der Waals surface area (Å²) in [6.45, 7) is 0.699. The topological polar surface area (TPSA) is 59.4 Å². The molecule has 1 atom stereocenters. The van der Waals surface area contributed by atoms with Crippen LogP contribution in [-0.2, 0) is 6.42 Å². The Balaban J connectivity index is 1.54. The Bertz CT molecular complexity index is 921. The maximum absolute atomic E-state index is 11.4. The molecule has 0 radical (unpaired) electrons. The predicted octanol–water partition coefficient (Wildman–Crippen LogP) is 5.01. The number of thiophene rings is 1. The molecule has 1 aliphatic heterocycles. The van der Waals surface area contributed by atoms with Crippen LogP contribution in [-0.4, -0.2) is 22.7 Å². The molecule has 0 amide bonds. The van der Waals surface area contributed by atoms with Gasteiger partial charge >= 0.3 is 5.97 Å². The van der Waals surface area contributed by atoms with Crippen LogP contribution in [0.2, 0.25) is 0 Å². The first-order valence-electron chi connectivity index (χ1n) is 8.69. The van der Waals surface area contributed by atoms with Gasteiger partial charge in [0.15, 0.2) is 0 Å². The van der Waals surface area contributed by atoms with Crippen molar-refractivity contribution in [3.8, 4) is 16.2 Å². The molecule has 0 saturated carbocycles. The van der Waals surface area contributed by atoms with Crippen molar-refractivity contribution in [1.29, 1.82) is 0 Å². The summed E-state index contributed by atoms with van der Waals surface area (Å²) in [6.07, 6.45) is 5.74. The van der Waals surface area contributed by atoms with Crippen molar-refractivity contribution in [2.24, 2.45) is 0 Å². The van der Waals surface area contributed by atoms with Gasteiger partial charge in [-0.05, 0) is 65.4 Å². The van der Waals surface area contributed by atoms with E-state index in [1.54, 1.807) is 23.6 Å². The number of fused-ring (bicyclic) bond motifs is 1. The summed E-state index contributed by atoms with van der Waals surface area (Å²) < 4.78 is 5.90. The SMILES string of the molecule is O=C(O)c1ccncc1CC[C@H]1CCOc2cc(-c3cccs3)ccc21. The molecule has 1 aliphatic rings. The zero-order valence-corrected chi connectivity index (χ0v) is 15.0. The van der Waals surface area contributed by atoms with Gasteiger partial charge in [0.2, 0.25) is 0 Å². The average molecular weight is 365 g/mol. The molecule has 0 aliphatic carbocycles. The number of benzene rings is 1. The second-order valence-corrected chi connectivity index (χ2v) is 7.39. The van der Waals surface area contributed by atoms with Crippen LogP contribution in [0.25, 0.3) is 10.4 Å². The monoisotopic (exact) mass is 365 g/mol. The molecule has 1 aromatic carbocycles. The molecule has 3 aromatic rings. The molecule has 4 nitrogen and oxygen atoms in total. The van der Waals surface area contributed by atoms with Crippen LogP contribution in [0.1, 0.15) is 40.2 Å². The number of rotatable bonds is 5. The fourth-order valence-corrected chi connectivity index (χ4v) is 4.25. The number of ether oxygens (including phenoxy) is 1. The lowest BCUT2D eigenvalue weighted by Crippen LogP contribution is -2.15. The van der Waals surface area contributed by atoms with Crippen molar-refractivity contribution in [1.82, 2.24) is 4.98 Å². The largest absolute Gasteiger partial charge is 0.493 e. The van der Waals surface area contributed by atoms with Gasteiger partial charge in [-0.3, -0.25) is 4.98 Å². The normalized spacial score (nSPS) is 15.9. The van der Waals surface area contributed by atoms with E-state index in [1.165, 1.54) is 22.2 Å². The summed E-state index contributed by atoms with van der Waals surface area (Å²) in [4.78, 5) is 16.7. The van der Waals surface area contributed by atoms with E-state index < -0.39 is 5.97 Å². The van der Waals surface area contributed by atoms with Crippen molar-refractivity contribution in [2.45, 2.75) is 25.2 Å². The highest BCUT2D eigenvalue weighted by Gasteiger charge is 2.22. The lowest BCUT2D eigenvalue weighted by atomic mass is 9.87. The van der Waals surface area contributed by atoms with E-state index in [9.17, 15) is 9.90 Å². The van der Waals surface area contributed by atoms with E-state index in [2.05, 4.69) is 40.7 Å². The lowest BCUT2D eigenvalue weighted by Gasteiger charge is -2.26. The first kappa shape index (κ1) is 16.8. The quantitative estimate of drug-likeness (QED) is 0.691. The van der Waals surface area contributed by atoms with E-state index in [-0.39, 0.29) is 0 Å². The molecule has 0 fully saturated rings. The predicted molar refractivity (Wildman–Crippen MR) is 102 cm³/mol. The first-order valence-corrected chi connectivity index (χ1v) is 9.57. The van der Waals surface area contributed by atoms with Gasteiger partial charge in [-0.1, -0.05) is 18.2 Å². The smallest absolute Gasteiger partial charge is 0.336 e. The van der Waals surface area contributed by atoms with Crippen molar-refractivity contribution < 1.29 is 14.6 Å². The van der Waals surface area contributed by atoms with E-state index in [0.29, 0.717) is 24.5 Å². The first-order chi connectivity index (χ1) is 12.7. The summed E-state index contributed by atoms with van der Waals surface area (Å²) in [5.41, 5.74) is 3.54. The minimum atomic E-state index is -0.893. The maximum Gasteiger partial charge on any atom is 0.336 e. The number of aryl methyl sites for hydroxylation is 1. The summed E-state index contributed by atoms with van der Waals surface area (Å²) in [5.74, 6) is 0.435. The Labute approximate surface area is 156 Å². The molecule has 26 heavy (non-hydrogen) atoms. The highest BCUT2D eigenvalue weighted by atomic mass is 32.1. The van der Waals surface area contributed by atoms with E-state index in [4.69, 9.17) is 4.74 Å². The maximum atomic E-state index is 11.4. The second kappa shape index (κ2) is 7.30. The number of pyridine rings is 1. The van der Waals surface area contributed by atoms with Crippen LogP contribution in [0, 0.1) is 0 Å². The van der Waals surface area contributed by atoms with Crippen LogP contribution >= 0.6 is 11.3 Å². The number of nitrogens with zero attached hydrogens (tertiary/aromatic N) is 1. The molecule has 0 bridgehead atoms. The number of aromatic nitrogens is 1. The van der Waals surface area contributed by atoms with Crippen molar-refractivity contribution in [3.63, 3.8) is 0 Å². The van der Waals surface area contributed by atoms with Crippen LogP contribution in [0.3, 0.4) is 0 Å². The van der Waals surface area contributed by atoms with Gasteiger partial charge in [-0.15, -0.1) is 11.3 Å². The number of carbonyl (C=O) groups is 1. The number of carboxylic acids is 1. The Morgan fingerprint density at radius 3 is 3.04 bits per heavy atom. The van der Waals surface area contributed by atoms with Gasteiger partial charge in [0.25, 0.3) is 0 Å². The van der Waals surface area contributed by atoms with Gasteiger partial charge in [-0.25, -0.2) is 4.79 Å². The van der Waals surface area contributed by atoms with Crippen LogP contribution < -0.4 is 4.74 Å². The van der Waals surface area contributed by atoms with Gasteiger partial charge in [0, 0.05) is 17.3 Å². The Morgan fingerprint density at radius 1 is 1.31 bits per heavy atom. The molecular formula is C21H19NO3S. The Hall–Kier alpha value is -2.66. The zero-order valence-electron chi connectivity index (χ0n) is 14.2. The number of hydrogen-bond donors (Lipinski definition) is 1. The zero-order chi connectivity index (χ0) is 17.9. The molecule has 0 saturated heterocycles. The third kappa shape index (κ3) is 3.35. The summed E-state index contributed by atoms with van der Waals surface area (Å²) >= 11 is 1.72. The summed E-state index contributed by atoms with van der Waals surface area (Å²) in [6, 6.07) is 12.2. The molecule has 4 rings (SSSR count).